The van der Waals surface area contributed by atoms with Gasteiger partial charge in [0.25, 0.3) is 0 Å². The monoisotopic (exact) mass is 387 g/mol. The van der Waals surface area contributed by atoms with Crippen LogP contribution in [0, 0.1) is 0 Å². The zero-order valence-electron chi connectivity index (χ0n) is 12.6. The van der Waals surface area contributed by atoms with Crippen LogP contribution in [0.25, 0.3) is 0 Å². The SMILES string of the molecule is COCCC(NC(=O)Cc1cc2c(cc1Br)OCCO2)C(=O)O. The molecule has 8 heteroatoms. The lowest BCUT2D eigenvalue weighted by Crippen LogP contribution is -2.42. The van der Waals surface area contributed by atoms with Gasteiger partial charge in [-0.25, -0.2) is 4.79 Å². The van der Waals surface area contributed by atoms with Crippen LogP contribution in [-0.2, 0) is 20.7 Å². The fourth-order valence-electron chi connectivity index (χ4n) is 2.15. The van der Waals surface area contributed by atoms with E-state index in [0.717, 1.165) is 0 Å². The van der Waals surface area contributed by atoms with Crippen molar-refractivity contribution in [2.75, 3.05) is 26.9 Å². The second-order valence-electron chi connectivity index (χ2n) is 5.00. The summed E-state index contributed by atoms with van der Waals surface area (Å²) in [5.74, 6) is -0.269. The second kappa shape index (κ2) is 8.16. The smallest absolute Gasteiger partial charge is 0.326 e. The molecule has 0 bridgehead atoms. The minimum absolute atomic E-state index is 0.0357. The van der Waals surface area contributed by atoms with Gasteiger partial charge in [0.2, 0.25) is 5.91 Å². The van der Waals surface area contributed by atoms with E-state index in [4.69, 9.17) is 19.3 Å². The molecule has 0 fully saturated rings. The number of hydrogen-bond acceptors (Lipinski definition) is 5. The molecule has 0 saturated heterocycles. The van der Waals surface area contributed by atoms with Gasteiger partial charge in [0.05, 0.1) is 6.42 Å². The number of carboxylic acid groups (broad SMARTS) is 1. The Morgan fingerprint density at radius 2 is 2.00 bits per heavy atom. The number of carboxylic acids is 1. The standard InChI is InChI=1S/C15H18BrNO6/c1-21-3-2-11(15(19)20)17-14(18)7-9-6-12-13(8-10(9)16)23-5-4-22-12/h6,8,11H,2-5,7H2,1H3,(H,17,18)(H,19,20). The Morgan fingerprint density at radius 1 is 1.35 bits per heavy atom. The van der Waals surface area contributed by atoms with Crippen molar-refractivity contribution in [1.82, 2.24) is 5.32 Å². The predicted molar refractivity (Wildman–Crippen MR) is 84.9 cm³/mol. The molecule has 1 atom stereocenters. The number of aliphatic carboxylic acids is 1. The zero-order chi connectivity index (χ0) is 16.8. The highest BCUT2D eigenvalue weighted by Gasteiger charge is 2.21. The zero-order valence-corrected chi connectivity index (χ0v) is 14.2. The molecule has 1 amide bonds. The maximum Gasteiger partial charge on any atom is 0.326 e. The Hall–Kier alpha value is -1.80. The lowest BCUT2D eigenvalue weighted by molar-refractivity contribution is -0.142. The van der Waals surface area contributed by atoms with Gasteiger partial charge in [-0.1, -0.05) is 15.9 Å². The van der Waals surface area contributed by atoms with Crippen LogP contribution in [0.1, 0.15) is 12.0 Å². The van der Waals surface area contributed by atoms with Gasteiger partial charge >= 0.3 is 5.97 Å². The highest BCUT2D eigenvalue weighted by atomic mass is 79.9. The van der Waals surface area contributed by atoms with Crippen molar-refractivity contribution < 1.29 is 28.9 Å². The fraction of sp³-hybridized carbons (Fsp3) is 0.467. The summed E-state index contributed by atoms with van der Waals surface area (Å²) in [4.78, 5) is 23.2. The van der Waals surface area contributed by atoms with Gasteiger partial charge in [-0.05, 0) is 17.7 Å². The van der Waals surface area contributed by atoms with Crippen molar-refractivity contribution in [1.29, 1.82) is 0 Å². The summed E-state index contributed by atoms with van der Waals surface area (Å²) in [6.45, 7) is 1.20. The van der Waals surface area contributed by atoms with Crippen LogP contribution < -0.4 is 14.8 Å². The first-order valence-corrected chi connectivity index (χ1v) is 7.89. The van der Waals surface area contributed by atoms with E-state index in [1.807, 2.05) is 0 Å². The summed E-state index contributed by atoms with van der Waals surface area (Å²) in [5, 5.41) is 11.6. The minimum Gasteiger partial charge on any atom is -0.486 e. The van der Waals surface area contributed by atoms with Gasteiger partial charge in [-0.2, -0.15) is 0 Å². The van der Waals surface area contributed by atoms with Crippen molar-refractivity contribution in [3.8, 4) is 11.5 Å². The van der Waals surface area contributed by atoms with Gasteiger partial charge in [0, 0.05) is 24.6 Å². The van der Waals surface area contributed by atoms with Crippen molar-refractivity contribution in [2.45, 2.75) is 18.9 Å². The molecule has 0 aromatic heterocycles. The molecule has 1 unspecified atom stereocenters. The molecule has 1 aliphatic heterocycles. The highest BCUT2D eigenvalue weighted by Crippen LogP contribution is 2.35. The van der Waals surface area contributed by atoms with Crippen LogP contribution >= 0.6 is 15.9 Å². The summed E-state index contributed by atoms with van der Waals surface area (Å²) >= 11 is 3.39. The van der Waals surface area contributed by atoms with E-state index in [1.54, 1.807) is 12.1 Å². The van der Waals surface area contributed by atoms with Crippen LogP contribution in [-0.4, -0.2) is 50.0 Å². The van der Waals surface area contributed by atoms with Gasteiger partial charge in [0.1, 0.15) is 19.3 Å². The molecule has 2 rings (SSSR count). The first-order chi connectivity index (χ1) is 11.0. The maximum atomic E-state index is 12.1. The molecule has 2 N–H and O–H groups in total. The number of halogens is 1. The van der Waals surface area contributed by atoms with Crippen molar-refractivity contribution in [3.63, 3.8) is 0 Å². The normalized spacial score (nSPS) is 14.2. The van der Waals surface area contributed by atoms with E-state index >= 15 is 0 Å². The molecule has 1 aromatic carbocycles. The number of nitrogens with one attached hydrogen (secondary N) is 1. The van der Waals surface area contributed by atoms with E-state index < -0.39 is 12.0 Å². The summed E-state index contributed by atoms with van der Waals surface area (Å²) in [6, 6.07) is 2.50. The molecule has 1 aliphatic rings. The van der Waals surface area contributed by atoms with E-state index in [-0.39, 0.29) is 25.4 Å². The third kappa shape index (κ3) is 4.84. The molecule has 126 valence electrons. The number of carbonyl (C=O) groups excluding carboxylic acids is 1. The average molecular weight is 388 g/mol. The fourth-order valence-corrected chi connectivity index (χ4v) is 2.62. The lowest BCUT2D eigenvalue weighted by atomic mass is 10.1. The number of ether oxygens (including phenoxy) is 3. The molecule has 1 aromatic rings. The average Bonchev–Trinajstić information content (AvgIpc) is 2.51. The van der Waals surface area contributed by atoms with E-state index in [9.17, 15) is 9.59 Å². The number of carbonyl (C=O) groups is 2. The molecular formula is C15H18BrNO6. The Kier molecular flexibility index (Phi) is 6.23. The van der Waals surface area contributed by atoms with Crippen LogP contribution in [0.2, 0.25) is 0 Å². The highest BCUT2D eigenvalue weighted by molar-refractivity contribution is 9.10. The topological polar surface area (TPSA) is 94.1 Å². The molecular weight excluding hydrogens is 370 g/mol. The Morgan fingerprint density at radius 3 is 2.61 bits per heavy atom. The van der Waals surface area contributed by atoms with Crippen LogP contribution in [0.15, 0.2) is 16.6 Å². The number of fused-ring (bicyclic) bond motifs is 1. The first kappa shape index (κ1) is 17.6. The van der Waals surface area contributed by atoms with Crippen molar-refractivity contribution in [2.24, 2.45) is 0 Å². The minimum atomic E-state index is -1.09. The lowest BCUT2D eigenvalue weighted by Gasteiger charge is -2.20. The van der Waals surface area contributed by atoms with Gasteiger partial charge in [0.15, 0.2) is 11.5 Å². The number of rotatable bonds is 7. The quantitative estimate of drug-likeness (QED) is 0.733. The molecule has 0 aliphatic carbocycles. The van der Waals surface area contributed by atoms with Crippen molar-refractivity contribution >= 4 is 27.8 Å². The van der Waals surface area contributed by atoms with Crippen LogP contribution in [0.3, 0.4) is 0 Å². The predicted octanol–water partition coefficient (Wildman–Crippen LogP) is 1.37. The van der Waals surface area contributed by atoms with Crippen LogP contribution in [0.5, 0.6) is 11.5 Å². The first-order valence-electron chi connectivity index (χ1n) is 7.10. The van der Waals surface area contributed by atoms with Gasteiger partial charge < -0.3 is 24.6 Å². The largest absolute Gasteiger partial charge is 0.486 e. The van der Waals surface area contributed by atoms with E-state index in [2.05, 4.69) is 21.2 Å². The van der Waals surface area contributed by atoms with Crippen LogP contribution in [0.4, 0.5) is 0 Å². The van der Waals surface area contributed by atoms with E-state index in [1.165, 1.54) is 7.11 Å². The second-order valence-corrected chi connectivity index (χ2v) is 5.86. The molecule has 23 heavy (non-hydrogen) atoms. The molecule has 7 nitrogen and oxygen atoms in total. The number of benzene rings is 1. The molecule has 0 spiro atoms. The summed E-state index contributed by atoms with van der Waals surface area (Å²) in [6.07, 6.45) is 0.244. The van der Waals surface area contributed by atoms with E-state index in [0.29, 0.717) is 34.7 Å². The molecule has 0 radical (unpaired) electrons. The molecule has 1 heterocycles. The maximum absolute atomic E-state index is 12.1. The Bertz CT molecular complexity index is 592. The summed E-state index contributed by atoms with van der Waals surface area (Å²) in [5.41, 5.74) is 0.697. The number of hydrogen-bond donors (Lipinski definition) is 2. The third-order valence-electron chi connectivity index (χ3n) is 3.31. The molecule has 0 saturated carbocycles. The Balaban J connectivity index is 2.03. The van der Waals surface area contributed by atoms with Crippen molar-refractivity contribution in [3.05, 3.63) is 22.2 Å². The number of amides is 1. The Labute approximate surface area is 142 Å². The number of methoxy groups -OCH3 is 1. The summed E-state index contributed by atoms with van der Waals surface area (Å²) in [7, 11) is 1.48. The summed E-state index contributed by atoms with van der Waals surface area (Å²) < 4.78 is 16.5. The third-order valence-corrected chi connectivity index (χ3v) is 4.04. The van der Waals surface area contributed by atoms with Gasteiger partial charge in [-0.15, -0.1) is 0 Å². The van der Waals surface area contributed by atoms with Gasteiger partial charge in [-0.3, -0.25) is 4.79 Å².